The van der Waals surface area contributed by atoms with Gasteiger partial charge in [0.2, 0.25) is 0 Å². The topological polar surface area (TPSA) is 96.0 Å². The summed E-state index contributed by atoms with van der Waals surface area (Å²) in [5.74, 6) is -3.48. The lowest BCUT2D eigenvalue weighted by Crippen LogP contribution is -2.45. The Balaban J connectivity index is 2.69. The summed E-state index contributed by atoms with van der Waals surface area (Å²) in [4.78, 5) is 0. The normalized spacial score (nSPS) is 15.1. The number of alkyl halides is 3. The van der Waals surface area contributed by atoms with Crippen molar-refractivity contribution in [2.45, 2.75) is 11.5 Å². The third-order valence-corrected chi connectivity index (χ3v) is 4.41. The van der Waals surface area contributed by atoms with E-state index in [1.165, 1.54) is 42.5 Å². The van der Waals surface area contributed by atoms with Crippen molar-refractivity contribution in [1.29, 1.82) is 0 Å². The smallest absolute Gasteiger partial charge is 0.434 e. The van der Waals surface area contributed by atoms with Crippen LogP contribution in [-0.4, -0.2) is 28.6 Å². The van der Waals surface area contributed by atoms with Crippen LogP contribution in [0.2, 0.25) is 0 Å². The first kappa shape index (κ1) is 21.2. The maximum atomic E-state index is 12.9. The molecule has 0 aliphatic rings. The van der Waals surface area contributed by atoms with Crippen LogP contribution in [0.4, 0.5) is 13.2 Å². The Hall–Kier alpha value is -2.15. The third kappa shape index (κ3) is 5.42. The molecule has 0 aromatic heterocycles. The van der Waals surface area contributed by atoms with Crippen LogP contribution < -0.4 is 4.74 Å². The average Bonchev–Trinajstić information content (AvgIpc) is 2.53. The van der Waals surface area contributed by atoms with E-state index in [0.29, 0.717) is 6.26 Å². The molecule has 27 heavy (non-hydrogen) atoms. The number of rotatable bonds is 7. The predicted molar refractivity (Wildman–Crippen MR) is 87.2 cm³/mol. The molecule has 12 heteroatoms. The van der Waals surface area contributed by atoms with Crippen LogP contribution in [0.1, 0.15) is 5.56 Å². The predicted octanol–water partition coefficient (Wildman–Crippen LogP) is 2.72. The fraction of sp³-hybridized carbons (Fsp3) is 0.200. The molecule has 0 aliphatic heterocycles. The summed E-state index contributed by atoms with van der Waals surface area (Å²) in [7, 11) is -10.9. The molecule has 0 N–H and O–H groups in total. The Kier molecular flexibility index (Phi) is 5.85. The van der Waals surface area contributed by atoms with Gasteiger partial charge >= 0.3 is 21.6 Å². The standard InChI is InChI=1S/C15H13F3O7S2/c1-26(19,20)24-14(12-8-4-2-5-9-12,23-13-10-6-3-7-11-13)25-27(21,22)15(16,17)18/h2-11H,1H3. The highest BCUT2D eigenvalue weighted by Gasteiger charge is 2.56. The molecule has 0 saturated heterocycles. The van der Waals surface area contributed by atoms with Crippen LogP contribution in [-0.2, 0) is 34.6 Å². The summed E-state index contributed by atoms with van der Waals surface area (Å²) in [6.45, 7) is 0. The van der Waals surface area contributed by atoms with Gasteiger partial charge in [0, 0.05) is 0 Å². The molecule has 0 aliphatic carbocycles. The zero-order valence-corrected chi connectivity index (χ0v) is 15.2. The van der Waals surface area contributed by atoms with Crippen LogP contribution in [0.25, 0.3) is 0 Å². The Morgan fingerprint density at radius 3 is 1.70 bits per heavy atom. The van der Waals surface area contributed by atoms with Crippen LogP contribution >= 0.6 is 0 Å². The van der Waals surface area contributed by atoms with Crippen LogP contribution in [0, 0.1) is 0 Å². The molecule has 7 nitrogen and oxygen atoms in total. The summed E-state index contributed by atoms with van der Waals surface area (Å²) in [5.41, 5.74) is -6.29. The van der Waals surface area contributed by atoms with Crippen LogP contribution in [0.3, 0.4) is 0 Å². The monoisotopic (exact) mass is 426 g/mol. The molecule has 0 spiro atoms. The number of benzene rings is 2. The van der Waals surface area contributed by atoms with Gasteiger partial charge in [0.15, 0.2) is 0 Å². The number of halogens is 3. The molecule has 0 amide bonds. The lowest BCUT2D eigenvalue weighted by molar-refractivity contribution is -0.263. The summed E-state index contributed by atoms with van der Waals surface area (Å²) < 4.78 is 99.2. The molecule has 2 rings (SSSR count). The summed E-state index contributed by atoms with van der Waals surface area (Å²) in [5, 5.41) is 0. The SMILES string of the molecule is CS(=O)(=O)OC(Oc1ccccc1)(OS(=O)(=O)C(F)(F)F)c1ccccc1. The van der Waals surface area contributed by atoms with Gasteiger partial charge in [-0.2, -0.15) is 38.4 Å². The van der Waals surface area contributed by atoms with Gasteiger partial charge in [-0.25, -0.2) is 0 Å². The molecule has 2 aromatic carbocycles. The Morgan fingerprint density at radius 2 is 1.26 bits per heavy atom. The largest absolute Gasteiger partial charge is 0.523 e. The molecular weight excluding hydrogens is 413 g/mol. The maximum absolute atomic E-state index is 12.9. The molecular formula is C15H13F3O7S2. The Morgan fingerprint density at radius 1 is 0.778 bits per heavy atom. The first-order valence-electron chi connectivity index (χ1n) is 7.07. The van der Waals surface area contributed by atoms with Gasteiger partial charge < -0.3 is 4.74 Å². The van der Waals surface area contributed by atoms with Crippen molar-refractivity contribution in [2.24, 2.45) is 0 Å². The number of ether oxygens (including phenoxy) is 1. The van der Waals surface area contributed by atoms with Gasteiger partial charge in [0.1, 0.15) is 5.75 Å². The van der Waals surface area contributed by atoms with Crippen LogP contribution in [0.5, 0.6) is 5.75 Å². The molecule has 0 fully saturated rings. The fourth-order valence-corrected chi connectivity index (χ4v) is 3.03. The van der Waals surface area contributed by atoms with Gasteiger partial charge in [-0.15, -0.1) is 0 Å². The van der Waals surface area contributed by atoms with E-state index in [2.05, 4.69) is 8.37 Å². The lowest BCUT2D eigenvalue weighted by atomic mass is 10.2. The summed E-state index contributed by atoms with van der Waals surface area (Å²) in [6, 6.07) is 13.1. The minimum atomic E-state index is -6.31. The van der Waals surface area contributed by atoms with E-state index < -0.39 is 37.3 Å². The third-order valence-electron chi connectivity index (χ3n) is 2.89. The van der Waals surface area contributed by atoms with Crippen molar-refractivity contribution in [2.75, 3.05) is 6.26 Å². The quantitative estimate of drug-likeness (QED) is 0.382. The van der Waals surface area contributed by atoms with E-state index in [4.69, 9.17) is 4.74 Å². The molecule has 0 radical (unpaired) electrons. The fourth-order valence-electron chi connectivity index (χ4n) is 1.88. The average molecular weight is 426 g/mol. The van der Waals surface area contributed by atoms with Crippen molar-refractivity contribution >= 4 is 20.2 Å². The second-order valence-corrected chi connectivity index (χ2v) is 8.22. The molecule has 0 heterocycles. The highest BCUT2D eigenvalue weighted by molar-refractivity contribution is 7.87. The van der Waals surface area contributed by atoms with Crippen LogP contribution in [0.15, 0.2) is 60.7 Å². The van der Waals surface area contributed by atoms with E-state index in [1.54, 1.807) is 6.07 Å². The highest BCUT2D eigenvalue weighted by Crippen LogP contribution is 2.38. The number of hydrogen-bond donors (Lipinski definition) is 0. The number of hydrogen-bond acceptors (Lipinski definition) is 7. The first-order valence-corrected chi connectivity index (χ1v) is 10.3. The van der Waals surface area contributed by atoms with Gasteiger partial charge in [-0.05, 0) is 24.3 Å². The van der Waals surface area contributed by atoms with Crippen molar-refractivity contribution in [3.63, 3.8) is 0 Å². The van der Waals surface area contributed by atoms with Gasteiger partial charge in [0.25, 0.3) is 10.1 Å². The van der Waals surface area contributed by atoms with E-state index >= 15 is 0 Å². The Bertz CT molecular complexity index is 975. The second kappa shape index (κ2) is 7.46. The number of para-hydroxylation sites is 1. The first-order chi connectivity index (χ1) is 12.3. The molecule has 1 unspecified atom stereocenters. The zero-order chi connectivity index (χ0) is 20.3. The second-order valence-electron chi connectivity index (χ2n) is 5.11. The van der Waals surface area contributed by atoms with Gasteiger partial charge in [-0.1, -0.05) is 36.4 Å². The lowest BCUT2D eigenvalue weighted by Gasteiger charge is -2.31. The van der Waals surface area contributed by atoms with E-state index in [-0.39, 0.29) is 5.75 Å². The summed E-state index contributed by atoms with van der Waals surface area (Å²) >= 11 is 0. The zero-order valence-electron chi connectivity index (χ0n) is 13.6. The van der Waals surface area contributed by atoms with Crippen molar-refractivity contribution in [3.05, 3.63) is 66.2 Å². The summed E-state index contributed by atoms with van der Waals surface area (Å²) in [6.07, 6.45) is 0.503. The van der Waals surface area contributed by atoms with E-state index in [1.807, 2.05) is 0 Å². The van der Waals surface area contributed by atoms with Gasteiger partial charge in [-0.3, -0.25) is 0 Å². The minimum absolute atomic E-state index is 0.206. The highest BCUT2D eigenvalue weighted by atomic mass is 32.2. The van der Waals surface area contributed by atoms with Gasteiger partial charge in [0.05, 0.1) is 11.8 Å². The molecule has 1 atom stereocenters. The van der Waals surface area contributed by atoms with E-state index in [9.17, 15) is 30.0 Å². The Labute approximate surface area is 153 Å². The maximum Gasteiger partial charge on any atom is 0.523 e. The van der Waals surface area contributed by atoms with Crippen molar-refractivity contribution in [1.82, 2.24) is 0 Å². The van der Waals surface area contributed by atoms with Crippen molar-refractivity contribution < 1.29 is 43.1 Å². The minimum Gasteiger partial charge on any atom is -0.434 e. The van der Waals surface area contributed by atoms with E-state index in [0.717, 1.165) is 12.1 Å². The van der Waals surface area contributed by atoms with Crippen molar-refractivity contribution in [3.8, 4) is 5.75 Å². The molecule has 0 saturated carbocycles. The molecule has 148 valence electrons. The molecule has 0 bridgehead atoms. The molecule has 2 aromatic rings.